The van der Waals surface area contributed by atoms with Crippen molar-refractivity contribution in [2.45, 2.75) is 96.8 Å². The van der Waals surface area contributed by atoms with Crippen LogP contribution < -0.4 is 0 Å². The van der Waals surface area contributed by atoms with Crippen LogP contribution in [0.3, 0.4) is 0 Å². The molecular formula is C25H41N3O4. The zero-order valence-electron chi connectivity index (χ0n) is 20.1. The number of hydrogen-bond donors (Lipinski definition) is 2. The second kappa shape index (κ2) is 8.81. The molecule has 4 aliphatic rings. The molecule has 11 atom stereocenters. The Morgan fingerprint density at radius 2 is 1.94 bits per heavy atom. The molecule has 4 fully saturated rings. The number of aliphatic hydroxyl groups is 2. The summed E-state index contributed by atoms with van der Waals surface area (Å²) in [7, 11) is 1.43. The van der Waals surface area contributed by atoms with Crippen LogP contribution in [0, 0.1) is 46.3 Å². The van der Waals surface area contributed by atoms with Crippen molar-refractivity contribution in [3.05, 3.63) is 10.4 Å². The van der Waals surface area contributed by atoms with Crippen LogP contribution in [0.5, 0.6) is 0 Å². The van der Waals surface area contributed by atoms with Crippen molar-refractivity contribution in [1.29, 1.82) is 0 Å². The van der Waals surface area contributed by atoms with Gasteiger partial charge in [0.15, 0.2) is 0 Å². The molecule has 0 aromatic heterocycles. The number of methoxy groups -OCH3 is 1. The second-order valence-corrected chi connectivity index (χ2v) is 11.8. The Kier molecular flexibility index (Phi) is 6.56. The lowest BCUT2D eigenvalue weighted by Crippen LogP contribution is -2.62. The first kappa shape index (κ1) is 23.8. The zero-order chi connectivity index (χ0) is 23.3. The highest BCUT2D eigenvalue weighted by molar-refractivity contribution is 5.69. The van der Waals surface area contributed by atoms with E-state index in [2.05, 4.69) is 30.8 Å². The van der Waals surface area contributed by atoms with Crippen LogP contribution in [0.1, 0.15) is 78.6 Å². The van der Waals surface area contributed by atoms with Crippen molar-refractivity contribution >= 4 is 5.97 Å². The summed E-state index contributed by atoms with van der Waals surface area (Å²) in [6, 6.07) is 0.0344. The Bertz CT molecular complexity index is 770. The molecule has 4 saturated carbocycles. The predicted octanol–water partition coefficient (Wildman–Crippen LogP) is 4.86. The average Bonchev–Trinajstić information content (AvgIpc) is 3.12. The van der Waals surface area contributed by atoms with Gasteiger partial charge in [0.1, 0.15) is 0 Å². The van der Waals surface area contributed by atoms with Gasteiger partial charge in [-0.25, -0.2) is 0 Å². The minimum atomic E-state index is -0.389. The van der Waals surface area contributed by atoms with Crippen LogP contribution in [0.15, 0.2) is 5.11 Å². The van der Waals surface area contributed by atoms with Crippen molar-refractivity contribution in [2.24, 2.45) is 51.5 Å². The summed E-state index contributed by atoms with van der Waals surface area (Å²) in [6.45, 7) is 6.84. The van der Waals surface area contributed by atoms with Gasteiger partial charge in [0.25, 0.3) is 0 Å². The molecule has 0 amide bonds. The fourth-order valence-electron chi connectivity index (χ4n) is 8.96. The molecule has 0 aromatic rings. The van der Waals surface area contributed by atoms with Crippen molar-refractivity contribution in [3.8, 4) is 0 Å². The standard InChI is InChI=1S/C25H41N3O4/c1-14(5-8-22(31)32-4)17-6-7-18-23-19(13-21(30)25(17,18)3)24(2)10-9-16(27-28-26)11-15(24)12-20(23)29/h14-21,23,29-30H,5-13H2,1-4H3/t14?,15-,16-,17?,18?,19?,20?,21-,23?,24-,25+/m0/s1. The van der Waals surface area contributed by atoms with E-state index in [1.165, 1.54) is 7.11 Å². The largest absolute Gasteiger partial charge is 0.469 e. The first-order valence-electron chi connectivity index (χ1n) is 12.6. The van der Waals surface area contributed by atoms with Gasteiger partial charge in [-0.15, -0.1) is 0 Å². The molecule has 2 N–H and O–H groups in total. The van der Waals surface area contributed by atoms with Crippen molar-refractivity contribution in [3.63, 3.8) is 0 Å². The summed E-state index contributed by atoms with van der Waals surface area (Å²) in [5.74, 6) is 1.70. The van der Waals surface area contributed by atoms with Gasteiger partial charge in [-0.05, 0) is 103 Å². The topological polar surface area (TPSA) is 116 Å². The lowest BCUT2D eigenvalue weighted by atomic mass is 9.43. The zero-order valence-corrected chi connectivity index (χ0v) is 20.1. The third-order valence-corrected chi connectivity index (χ3v) is 10.8. The average molecular weight is 448 g/mol. The fraction of sp³-hybridized carbons (Fsp3) is 0.960. The van der Waals surface area contributed by atoms with Gasteiger partial charge in [-0.1, -0.05) is 25.9 Å². The van der Waals surface area contributed by atoms with Crippen LogP contribution >= 0.6 is 0 Å². The molecule has 0 bridgehead atoms. The molecule has 0 saturated heterocycles. The normalized spacial score (nSPS) is 48.6. The van der Waals surface area contributed by atoms with Gasteiger partial charge < -0.3 is 14.9 Å². The van der Waals surface area contributed by atoms with E-state index >= 15 is 0 Å². The number of ether oxygens (including phenoxy) is 1. The number of carbonyl (C=O) groups is 1. The van der Waals surface area contributed by atoms with Gasteiger partial charge >= 0.3 is 5.97 Å². The molecule has 0 radical (unpaired) electrons. The molecule has 0 aliphatic heterocycles. The number of esters is 1. The molecule has 0 aromatic carbocycles. The predicted molar refractivity (Wildman–Crippen MR) is 121 cm³/mol. The highest BCUT2D eigenvalue weighted by atomic mass is 16.5. The van der Waals surface area contributed by atoms with E-state index in [-0.39, 0.29) is 41.0 Å². The third kappa shape index (κ3) is 3.65. The van der Waals surface area contributed by atoms with E-state index in [4.69, 9.17) is 10.3 Å². The summed E-state index contributed by atoms with van der Waals surface area (Å²) >= 11 is 0. The van der Waals surface area contributed by atoms with Crippen molar-refractivity contribution < 1.29 is 19.7 Å². The molecule has 7 nitrogen and oxygen atoms in total. The molecule has 7 heteroatoms. The van der Waals surface area contributed by atoms with E-state index < -0.39 is 0 Å². The lowest BCUT2D eigenvalue weighted by molar-refractivity contribution is -0.202. The summed E-state index contributed by atoms with van der Waals surface area (Å²) in [4.78, 5) is 14.7. The fourth-order valence-corrected chi connectivity index (χ4v) is 8.96. The Labute approximate surface area is 191 Å². The Morgan fingerprint density at radius 1 is 1.19 bits per heavy atom. The number of rotatable bonds is 5. The number of aliphatic hydroxyl groups excluding tert-OH is 2. The lowest BCUT2D eigenvalue weighted by Gasteiger charge is -2.63. The van der Waals surface area contributed by atoms with Crippen LogP contribution in [0.4, 0.5) is 0 Å². The van der Waals surface area contributed by atoms with Gasteiger partial charge in [-0.3, -0.25) is 4.79 Å². The molecule has 180 valence electrons. The maximum Gasteiger partial charge on any atom is 0.305 e. The summed E-state index contributed by atoms with van der Waals surface area (Å²) in [5, 5.41) is 27.0. The van der Waals surface area contributed by atoms with Crippen LogP contribution in [0.25, 0.3) is 10.4 Å². The number of carbonyl (C=O) groups excluding carboxylic acids is 1. The van der Waals surface area contributed by atoms with E-state index in [1.807, 2.05) is 0 Å². The summed E-state index contributed by atoms with van der Waals surface area (Å²) in [5.41, 5.74) is 8.75. The maximum atomic E-state index is 11.7. The number of fused-ring (bicyclic) bond motifs is 5. The van der Waals surface area contributed by atoms with E-state index in [0.29, 0.717) is 36.0 Å². The van der Waals surface area contributed by atoms with Crippen molar-refractivity contribution in [1.82, 2.24) is 0 Å². The Morgan fingerprint density at radius 3 is 2.62 bits per heavy atom. The highest BCUT2D eigenvalue weighted by Gasteiger charge is 2.65. The second-order valence-electron chi connectivity index (χ2n) is 11.8. The van der Waals surface area contributed by atoms with Crippen LogP contribution in [-0.2, 0) is 9.53 Å². The van der Waals surface area contributed by atoms with E-state index in [0.717, 1.165) is 51.4 Å². The number of hydrogen-bond acceptors (Lipinski definition) is 5. The van der Waals surface area contributed by atoms with Gasteiger partial charge in [0.05, 0.1) is 19.3 Å². The summed E-state index contributed by atoms with van der Waals surface area (Å²) < 4.78 is 4.84. The summed E-state index contributed by atoms with van der Waals surface area (Å²) in [6.07, 6.45) is 6.83. The number of nitrogens with zero attached hydrogens (tertiary/aromatic N) is 3. The SMILES string of the molecule is COC(=O)CCC(C)C1CCC2C3C(O)C[C@@H]4C[C@@H](N=[N+]=[N-])CC[C@]4(C)C3C[C@H](O)[C@]12C. The van der Waals surface area contributed by atoms with Gasteiger partial charge in [-0.2, -0.15) is 0 Å². The molecule has 0 heterocycles. The van der Waals surface area contributed by atoms with Gasteiger partial charge in [0.2, 0.25) is 0 Å². The first-order valence-corrected chi connectivity index (χ1v) is 12.6. The molecule has 4 aliphatic carbocycles. The first-order chi connectivity index (χ1) is 15.2. The monoisotopic (exact) mass is 447 g/mol. The van der Waals surface area contributed by atoms with Gasteiger partial charge in [0, 0.05) is 17.4 Å². The molecule has 0 spiro atoms. The molecule has 4 rings (SSSR count). The Balaban J connectivity index is 1.57. The van der Waals surface area contributed by atoms with Crippen LogP contribution in [0.2, 0.25) is 0 Å². The van der Waals surface area contributed by atoms with Crippen molar-refractivity contribution in [2.75, 3.05) is 7.11 Å². The van der Waals surface area contributed by atoms with E-state index in [9.17, 15) is 15.0 Å². The molecular weight excluding hydrogens is 406 g/mol. The third-order valence-electron chi connectivity index (χ3n) is 10.8. The minimum Gasteiger partial charge on any atom is -0.469 e. The quantitative estimate of drug-likeness (QED) is 0.271. The highest BCUT2D eigenvalue weighted by Crippen LogP contribution is 2.68. The Hall–Kier alpha value is -1.30. The minimum absolute atomic E-state index is 0.0344. The van der Waals surface area contributed by atoms with E-state index in [1.54, 1.807) is 0 Å². The molecule has 6 unspecified atom stereocenters. The van der Waals surface area contributed by atoms with Crippen LogP contribution in [-0.4, -0.2) is 41.5 Å². The smallest absolute Gasteiger partial charge is 0.305 e. The molecule has 32 heavy (non-hydrogen) atoms. The number of azide groups is 1. The maximum absolute atomic E-state index is 11.7.